The Hall–Kier alpha value is -1.80. The number of nitriles is 1. The number of ether oxygens (including phenoxy) is 1. The van der Waals surface area contributed by atoms with Crippen molar-refractivity contribution in [3.63, 3.8) is 0 Å². The number of amides is 1. The third-order valence-electron chi connectivity index (χ3n) is 3.32. The Balaban J connectivity index is 1.84. The molecule has 96 valence electrons. The molecule has 5 nitrogen and oxygen atoms in total. The van der Waals surface area contributed by atoms with Gasteiger partial charge < -0.3 is 14.6 Å². The van der Waals surface area contributed by atoms with Crippen molar-refractivity contribution in [2.75, 3.05) is 19.8 Å². The number of carbonyl (C=O) groups excluding carboxylic acids is 1. The number of nitrogens with zero attached hydrogens (tertiary/aromatic N) is 2. The standard InChI is InChI=1S/C13H17N3O2/c14-11-13(3-9-18-10-4-13)12(17)15-5-8-16-6-1-2-7-16/h1-2,6-7H,3-5,8-10H2,(H,15,17). The normalized spacial score (nSPS) is 17.9. The van der Waals surface area contributed by atoms with Crippen LogP contribution in [-0.2, 0) is 16.1 Å². The molecule has 2 rings (SSSR count). The van der Waals surface area contributed by atoms with E-state index < -0.39 is 5.41 Å². The third-order valence-corrected chi connectivity index (χ3v) is 3.32. The first-order valence-electron chi connectivity index (χ1n) is 6.15. The molecule has 0 saturated carbocycles. The molecule has 1 amide bonds. The van der Waals surface area contributed by atoms with E-state index in [9.17, 15) is 10.1 Å². The zero-order valence-electron chi connectivity index (χ0n) is 10.3. The van der Waals surface area contributed by atoms with Gasteiger partial charge in [0.2, 0.25) is 5.91 Å². The lowest BCUT2D eigenvalue weighted by atomic mass is 9.81. The van der Waals surface area contributed by atoms with Gasteiger partial charge in [-0.2, -0.15) is 5.26 Å². The van der Waals surface area contributed by atoms with Gasteiger partial charge >= 0.3 is 0 Å². The molecule has 18 heavy (non-hydrogen) atoms. The predicted molar refractivity (Wildman–Crippen MR) is 65.5 cm³/mol. The van der Waals surface area contributed by atoms with Crippen LogP contribution in [0.1, 0.15) is 12.8 Å². The van der Waals surface area contributed by atoms with E-state index in [1.807, 2.05) is 29.1 Å². The quantitative estimate of drug-likeness (QED) is 0.860. The minimum atomic E-state index is -0.894. The maximum atomic E-state index is 12.1. The molecule has 1 saturated heterocycles. The van der Waals surface area contributed by atoms with Crippen LogP contribution in [0.25, 0.3) is 0 Å². The molecule has 5 heteroatoms. The van der Waals surface area contributed by atoms with Gasteiger partial charge in [0.25, 0.3) is 0 Å². The van der Waals surface area contributed by atoms with Crippen LogP contribution in [0.15, 0.2) is 24.5 Å². The summed E-state index contributed by atoms with van der Waals surface area (Å²) in [4.78, 5) is 12.1. The molecule has 0 radical (unpaired) electrons. The van der Waals surface area contributed by atoms with Crippen LogP contribution in [0.4, 0.5) is 0 Å². The van der Waals surface area contributed by atoms with Crippen LogP contribution < -0.4 is 5.32 Å². The Morgan fingerprint density at radius 2 is 2.06 bits per heavy atom. The summed E-state index contributed by atoms with van der Waals surface area (Å²) < 4.78 is 7.19. The highest BCUT2D eigenvalue weighted by molar-refractivity contribution is 5.85. The molecular weight excluding hydrogens is 230 g/mol. The molecule has 1 aromatic rings. The van der Waals surface area contributed by atoms with Gasteiger partial charge in [-0.1, -0.05) is 0 Å². The fourth-order valence-corrected chi connectivity index (χ4v) is 2.10. The molecule has 0 unspecified atom stereocenters. The van der Waals surface area contributed by atoms with Crippen molar-refractivity contribution < 1.29 is 9.53 Å². The van der Waals surface area contributed by atoms with E-state index in [4.69, 9.17) is 4.74 Å². The first-order chi connectivity index (χ1) is 8.77. The van der Waals surface area contributed by atoms with Crippen molar-refractivity contribution >= 4 is 5.91 Å². The number of carbonyl (C=O) groups is 1. The lowest BCUT2D eigenvalue weighted by Crippen LogP contribution is -2.44. The molecule has 1 fully saturated rings. The number of hydrogen-bond donors (Lipinski definition) is 1. The van der Waals surface area contributed by atoms with E-state index in [0.717, 1.165) is 6.54 Å². The summed E-state index contributed by atoms with van der Waals surface area (Å²) in [5, 5.41) is 12.1. The van der Waals surface area contributed by atoms with Crippen LogP contribution in [-0.4, -0.2) is 30.2 Å². The number of nitrogens with one attached hydrogen (secondary N) is 1. The molecule has 0 atom stereocenters. The lowest BCUT2D eigenvalue weighted by molar-refractivity contribution is -0.132. The molecule has 1 aliphatic rings. The first-order valence-corrected chi connectivity index (χ1v) is 6.15. The molecule has 0 aliphatic carbocycles. The highest BCUT2D eigenvalue weighted by Gasteiger charge is 2.40. The summed E-state index contributed by atoms with van der Waals surface area (Å²) in [6.07, 6.45) is 4.86. The van der Waals surface area contributed by atoms with Gasteiger partial charge in [0.15, 0.2) is 0 Å². The van der Waals surface area contributed by atoms with Crippen LogP contribution in [0.5, 0.6) is 0 Å². The van der Waals surface area contributed by atoms with Crippen molar-refractivity contribution in [1.82, 2.24) is 9.88 Å². The SMILES string of the molecule is N#CC1(C(=O)NCCn2cccc2)CCOCC1. The van der Waals surface area contributed by atoms with Crippen LogP contribution >= 0.6 is 0 Å². The van der Waals surface area contributed by atoms with Gasteiger partial charge in [-0.05, 0) is 25.0 Å². The number of aromatic nitrogens is 1. The fraction of sp³-hybridized carbons (Fsp3) is 0.538. The first kappa shape index (κ1) is 12.7. The van der Waals surface area contributed by atoms with Crippen LogP contribution in [0.2, 0.25) is 0 Å². The Morgan fingerprint density at radius 3 is 2.67 bits per heavy atom. The van der Waals surface area contributed by atoms with Crippen molar-refractivity contribution in [3.8, 4) is 6.07 Å². The zero-order chi connectivity index (χ0) is 12.8. The smallest absolute Gasteiger partial charge is 0.240 e. The maximum absolute atomic E-state index is 12.1. The molecule has 0 bridgehead atoms. The minimum Gasteiger partial charge on any atom is -0.381 e. The Morgan fingerprint density at radius 1 is 1.39 bits per heavy atom. The Bertz CT molecular complexity index is 428. The fourth-order valence-electron chi connectivity index (χ4n) is 2.10. The summed E-state index contributed by atoms with van der Waals surface area (Å²) in [6.45, 7) is 2.23. The molecule has 0 aromatic carbocycles. The second-order valence-corrected chi connectivity index (χ2v) is 4.48. The average Bonchev–Trinajstić information content (AvgIpc) is 2.92. The summed E-state index contributed by atoms with van der Waals surface area (Å²) in [5.41, 5.74) is -0.894. The second kappa shape index (κ2) is 5.69. The maximum Gasteiger partial charge on any atom is 0.240 e. The van der Waals surface area contributed by atoms with Crippen molar-refractivity contribution in [3.05, 3.63) is 24.5 Å². The highest BCUT2D eigenvalue weighted by atomic mass is 16.5. The van der Waals surface area contributed by atoms with Gasteiger partial charge in [-0.25, -0.2) is 0 Å². The predicted octanol–water partition coefficient (Wildman–Crippen LogP) is 0.925. The molecule has 1 aromatic heterocycles. The summed E-state index contributed by atoms with van der Waals surface area (Å²) in [5.74, 6) is -0.166. The molecule has 1 aliphatic heterocycles. The van der Waals surface area contributed by atoms with Crippen molar-refractivity contribution in [1.29, 1.82) is 5.26 Å². The Kier molecular flexibility index (Phi) is 4.00. The van der Waals surface area contributed by atoms with E-state index >= 15 is 0 Å². The van der Waals surface area contributed by atoms with E-state index in [0.29, 0.717) is 32.6 Å². The lowest BCUT2D eigenvalue weighted by Gasteiger charge is -2.29. The third kappa shape index (κ3) is 2.71. The van der Waals surface area contributed by atoms with E-state index in [2.05, 4.69) is 11.4 Å². The van der Waals surface area contributed by atoms with Crippen LogP contribution in [0, 0.1) is 16.7 Å². The van der Waals surface area contributed by atoms with Crippen LogP contribution in [0.3, 0.4) is 0 Å². The minimum absolute atomic E-state index is 0.166. The number of rotatable bonds is 4. The van der Waals surface area contributed by atoms with E-state index in [-0.39, 0.29) is 5.91 Å². The van der Waals surface area contributed by atoms with Crippen molar-refractivity contribution in [2.24, 2.45) is 5.41 Å². The molecule has 1 N–H and O–H groups in total. The monoisotopic (exact) mass is 247 g/mol. The van der Waals surface area contributed by atoms with E-state index in [1.165, 1.54) is 0 Å². The van der Waals surface area contributed by atoms with Gasteiger partial charge in [-0.15, -0.1) is 0 Å². The largest absolute Gasteiger partial charge is 0.381 e. The molecule has 2 heterocycles. The summed E-state index contributed by atoms with van der Waals surface area (Å²) in [6, 6.07) is 6.05. The molecule has 0 spiro atoms. The topological polar surface area (TPSA) is 67.0 Å². The van der Waals surface area contributed by atoms with E-state index in [1.54, 1.807) is 0 Å². The van der Waals surface area contributed by atoms with Gasteiger partial charge in [0, 0.05) is 38.7 Å². The second-order valence-electron chi connectivity index (χ2n) is 4.48. The van der Waals surface area contributed by atoms with Gasteiger partial charge in [0.05, 0.1) is 6.07 Å². The summed E-state index contributed by atoms with van der Waals surface area (Å²) >= 11 is 0. The highest BCUT2D eigenvalue weighted by Crippen LogP contribution is 2.29. The van der Waals surface area contributed by atoms with Gasteiger partial charge in [-0.3, -0.25) is 4.79 Å². The number of hydrogen-bond acceptors (Lipinski definition) is 3. The van der Waals surface area contributed by atoms with Crippen molar-refractivity contribution in [2.45, 2.75) is 19.4 Å². The summed E-state index contributed by atoms with van der Waals surface area (Å²) in [7, 11) is 0. The van der Waals surface area contributed by atoms with Gasteiger partial charge in [0.1, 0.15) is 5.41 Å². The Labute approximate surface area is 106 Å². The average molecular weight is 247 g/mol. The molecular formula is C13H17N3O2. The zero-order valence-corrected chi connectivity index (χ0v) is 10.3.